The number of hydrogen-bond donors (Lipinski definition) is 2. The number of nitrogens with zero attached hydrogens (tertiary/aromatic N) is 3. The number of aromatic nitrogens is 1. The van der Waals surface area contributed by atoms with Gasteiger partial charge in [0.1, 0.15) is 0 Å². The Hall–Kier alpha value is -1.63. The van der Waals surface area contributed by atoms with Gasteiger partial charge in [0, 0.05) is 56.9 Å². The molecule has 152 valence electrons. The van der Waals surface area contributed by atoms with Crippen LogP contribution in [0.2, 0.25) is 0 Å². The van der Waals surface area contributed by atoms with Crippen LogP contribution in [0.25, 0.3) is 0 Å². The zero-order valence-electron chi connectivity index (χ0n) is 17.5. The van der Waals surface area contributed by atoms with Gasteiger partial charge in [-0.15, -0.1) is 11.3 Å². The molecule has 7 heteroatoms. The third-order valence-electron chi connectivity index (χ3n) is 4.91. The third-order valence-corrected chi connectivity index (χ3v) is 5.82. The lowest BCUT2D eigenvalue weighted by Gasteiger charge is -2.34. The van der Waals surface area contributed by atoms with Crippen molar-refractivity contribution in [2.45, 2.75) is 58.8 Å². The van der Waals surface area contributed by atoms with Crippen molar-refractivity contribution in [3.63, 3.8) is 0 Å². The Labute approximate surface area is 167 Å². The number of carbonyl (C=O) groups excluding carboxylic acids is 1. The number of thiazole rings is 1. The van der Waals surface area contributed by atoms with Crippen LogP contribution in [0.4, 0.5) is 0 Å². The molecule has 0 radical (unpaired) electrons. The smallest absolute Gasteiger partial charge is 0.220 e. The van der Waals surface area contributed by atoms with Crippen molar-refractivity contribution in [1.29, 1.82) is 0 Å². The van der Waals surface area contributed by atoms with Gasteiger partial charge in [-0.1, -0.05) is 20.8 Å². The van der Waals surface area contributed by atoms with Crippen molar-refractivity contribution in [3.05, 3.63) is 16.1 Å². The number of rotatable bonds is 6. The van der Waals surface area contributed by atoms with Crippen molar-refractivity contribution < 1.29 is 4.79 Å². The Kier molecular flexibility index (Phi) is 8.07. The first-order valence-electron chi connectivity index (χ1n) is 10.0. The lowest BCUT2D eigenvalue weighted by atomic mass is 9.93. The number of nitrogens with one attached hydrogen (secondary N) is 2. The van der Waals surface area contributed by atoms with Crippen molar-refractivity contribution in [2.24, 2.45) is 10.9 Å². The number of likely N-dealkylation sites (tertiary alicyclic amines) is 1. The minimum atomic E-state index is 0.103. The number of hydrogen-bond acceptors (Lipinski definition) is 4. The molecule has 27 heavy (non-hydrogen) atoms. The van der Waals surface area contributed by atoms with Crippen LogP contribution in [0.15, 0.2) is 10.4 Å². The molecule has 1 aliphatic heterocycles. The molecule has 2 heterocycles. The van der Waals surface area contributed by atoms with Gasteiger partial charge in [0.05, 0.1) is 10.7 Å². The van der Waals surface area contributed by atoms with Gasteiger partial charge in [-0.3, -0.25) is 9.79 Å². The second-order valence-corrected chi connectivity index (χ2v) is 9.11. The van der Waals surface area contributed by atoms with E-state index in [4.69, 9.17) is 9.98 Å². The summed E-state index contributed by atoms with van der Waals surface area (Å²) in [4.78, 5) is 23.5. The predicted molar refractivity (Wildman–Crippen MR) is 113 cm³/mol. The van der Waals surface area contributed by atoms with E-state index in [-0.39, 0.29) is 11.3 Å². The summed E-state index contributed by atoms with van der Waals surface area (Å²) in [5, 5.41) is 9.47. The number of carbonyl (C=O) groups is 1. The average molecular weight is 394 g/mol. The van der Waals surface area contributed by atoms with Gasteiger partial charge in [-0.05, 0) is 25.7 Å². The molecular weight excluding hydrogens is 358 g/mol. The molecule has 1 amide bonds. The van der Waals surface area contributed by atoms with Crippen LogP contribution in [0.3, 0.4) is 0 Å². The molecule has 1 aromatic heterocycles. The molecule has 2 rings (SSSR count). The summed E-state index contributed by atoms with van der Waals surface area (Å²) in [5.41, 5.74) is 1.27. The summed E-state index contributed by atoms with van der Waals surface area (Å²) in [6.45, 7) is 12.2. The minimum Gasteiger partial charge on any atom is -0.359 e. The molecule has 0 unspecified atom stereocenters. The lowest BCUT2D eigenvalue weighted by Crippen LogP contribution is -2.46. The Balaban J connectivity index is 1.87. The van der Waals surface area contributed by atoms with Crippen LogP contribution in [0, 0.1) is 5.92 Å². The first kappa shape index (κ1) is 21.7. The van der Waals surface area contributed by atoms with Crippen LogP contribution in [-0.2, 0) is 16.6 Å². The normalized spacial score (nSPS) is 16.5. The first-order chi connectivity index (χ1) is 12.8. The van der Waals surface area contributed by atoms with Gasteiger partial charge in [0.15, 0.2) is 5.96 Å². The van der Waals surface area contributed by atoms with E-state index in [2.05, 4.69) is 48.6 Å². The molecule has 0 saturated carbocycles. The van der Waals surface area contributed by atoms with Gasteiger partial charge in [0.2, 0.25) is 5.91 Å². The Morgan fingerprint density at radius 1 is 1.37 bits per heavy atom. The van der Waals surface area contributed by atoms with E-state index in [9.17, 15) is 4.79 Å². The van der Waals surface area contributed by atoms with Crippen molar-refractivity contribution in [3.8, 4) is 0 Å². The van der Waals surface area contributed by atoms with Crippen molar-refractivity contribution in [2.75, 3.05) is 33.2 Å². The summed E-state index contributed by atoms with van der Waals surface area (Å²) < 4.78 is 0. The maximum absolute atomic E-state index is 11.6. The quantitative estimate of drug-likeness (QED) is 0.576. The first-order valence-corrected chi connectivity index (χ1v) is 10.9. The molecule has 0 aromatic carbocycles. The SMILES string of the molecule is CCNC(=NCCc1nc(C(C)(C)C)cs1)N1CCC(CC(=O)NC)CC1. The van der Waals surface area contributed by atoms with Gasteiger partial charge >= 0.3 is 0 Å². The summed E-state index contributed by atoms with van der Waals surface area (Å²) in [6.07, 6.45) is 3.60. The van der Waals surface area contributed by atoms with E-state index >= 15 is 0 Å². The van der Waals surface area contributed by atoms with Crippen LogP contribution in [-0.4, -0.2) is 55.0 Å². The van der Waals surface area contributed by atoms with E-state index in [0.29, 0.717) is 12.3 Å². The summed E-state index contributed by atoms with van der Waals surface area (Å²) >= 11 is 1.73. The summed E-state index contributed by atoms with van der Waals surface area (Å²) in [6, 6.07) is 0. The molecule has 1 aliphatic rings. The molecule has 0 aliphatic carbocycles. The Morgan fingerprint density at radius 2 is 2.07 bits per heavy atom. The highest BCUT2D eigenvalue weighted by Gasteiger charge is 2.23. The van der Waals surface area contributed by atoms with Gasteiger partial charge in [-0.2, -0.15) is 0 Å². The van der Waals surface area contributed by atoms with E-state index in [1.165, 1.54) is 0 Å². The maximum Gasteiger partial charge on any atom is 0.220 e. The molecular formula is C20H35N5OS. The van der Waals surface area contributed by atoms with Gasteiger partial charge < -0.3 is 15.5 Å². The second kappa shape index (κ2) is 10.1. The number of aliphatic imine (C=N–C) groups is 1. The van der Waals surface area contributed by atoms with Crippen molar-refractivity contribution >= 4 is 23.2 Å². The van der Waals surface area contributed by atoms with E-state index < -0.39 is 0 Å². The lowest BCUT2D eigenvalue weighted by molar-refractivity contribution is -0.121. The molecule has 0 spiro atoms. The maximum atomic E-state index is 11.6. The molecule has 1 aromatic rings. The monoisotopic (exact) mass is 393 g/mol. The topological polar surface area (TPSA) is 69.6 Å². The highest BCUT2D eigenvalue weighted by Crippen LogP contribution is 2.24. The van der Waals surface area contributed by atoms with Crippen molar-refractivity contribution in [1.82, 2.24) is 20.5 Å². The zero-order valence-corrected chi connectivity index (χ0v) is 18.3. The van der Waals surface area contributed by atoms with Crippen LogP contribution in [0.5, 0.6) is 0 Å². The van der Waals surface area contributed by atoms with Crippen LogP contribution < -0.4 is 10.6 Å². The standard InChI is InChI=1S/C20H35N5OS/c1-6-22-19(25-11-8-15(9-12-25)13-17(26)21-5)23-10-7-18-24-16(14-27-18)20(2,3)4/h14-15H,6-13H2,1-5H3,(H,21,26)(H,22,23). The summed E-state index contributed by atoms with van der Waals surface area (Å²) in [5.74, 6) is 1.62. The zero-order chi connectivity index (χ0) is 19.9. The molecule has 0 bridgehead atoms. The number of piperidine rings is 1. The van der Waals surface area contributed by atoms with Crippen LogP contribution >= 0.6 is 11.3 Å². The van der Waals surface area contributed by atoms with Gasteiger partial charge in [-0.25, -0.2) is 4.98 Å². The fraction of sp³-hybridized carbons (Fsp3) is 0.750. The fourth-order valence-corrected chi connectivity index (χ4v) is 4.18. The fourth-order valence-electron chi connectivity index (χ4n) is 3.17. The third kappa shape index (κ3) is 6.79. The molecule has 0 atom stereocenters. The van der Waals surface area contributed by atoms with E-state index in [1.807, 2.05) is 0 Å². The molecule has 1 fully saturated rings. The second-order valence-electron chi connectivity index (χ2n) is 8.17. The Morgan fingerprint density at radius 3 is 2.63 bits per heavy atom. The number of guanidine groups is 1. The van der Waals surface area contributed by atoms with Crippen LogP contribution in [0.1, 0.15) is 57.7 Å². The van der Waals surface area contributed by atoms with E-state index in [0.717, 1.165) is 62.1 Å². The van der Waals surface area contributed by atoms with Gasteiger partial charge in [0.25, 0.3) is 0 Å². The Bertz CT molecular complexity index is 627. The highest BCUT2D eigenvalue weighted by molar-refractivity contribution is 7.09. The predicted octanol–water partition coefficient (Wildman–Crippen LogP) is 2.80. The highest BCUT2D eigenvalue weighted by atomic mass is 32.1. The largest absolute Gasteiger partial charge is 0.359 e. The minimum absolute atomic E-state index is 0.103. The number of amides is 1. The molecule has 2 N–H and O–H groups in total. The average Bonchev–Trinajstić information content (AvgIpc) is 3.11. The molecule has 6 nitrogen and oxygen atoms in total. The molecule has 1 saturated heterocycles. The summed E-state index contributed by atoms with van der Waals surface area (Å²) in [7, 11) is 1.71. The van der Waals surface area contributed by atoms with E-state index in [1.54, 1.807) is 18.4 Å².